The third-order valence-electron chi connectivity index (χ3n) is 6.33. The third kappa shape index (κ3) is 5.17. The molecule has 4 rings (SSSR count). The van der Waals surface area contributed by atoms with Gasteiger partial charge >= 0.3 is 0 Å². The quantitative estimate of drug-likeness (QED) is 0.532. The maximum absolute atomic E-state index is 13.4. The number of hydrogen-bond donors (Lipinski definition) is 1. The maximum atomic E-state index is 13.4. The van der Waals surface area contributed by atoms with E-state index in [9.17, 15) is 13.2 Å². The van der Waals surface area contributed by atoms with Gasteiger partial charge in [-0.3, -0.25) is 9.78 Å². The number of carbonyl (C=O) groups is 1. The first-order valence-corrected chi connectivity index (χ1v) is 13.3. The van der Waals surface area contributed by atoms with Crippen molar-refractivity contribution in [3.8, 4) is 0 Å². The highest BCUT2D eigenvalue weighted by Crippen LogP contribution is 2.31. The molecule has 0 saturated carbocycles. The van der Waals surface area contributed by atoms with Crippen LogP contribution in [0, 0.1) is 13.8 Å². The van der Waals surface area contributed by atoms with E-state index in [2.05, 4.69) is 15.2 Å². The number of sulfonamides is 1. The number of pyridine rings is 1. The molecule has 0 bridgehead atoms. The summed E-state index contributed by atoms with van der Waals surface area (Å²) < 4.78 is 33.3. The summed E-state index contributed by atoms with van der Waals surface area (Å²) in [6, 6.07) is 12.7. The van der Waals surface area contributed by atoms with Gasteiger partial charge in [0.1, 0.15) is 0 Å². The van der Waals surface area contributed by atoms with Crippen LogP contribution in [0.3, 0.4) is 0 Å². The molecule has 8 nitrogen and oxygen atoms in total. The van der Waals surface area contributed by atoms with Crippen LogP contribution < -0.4 is 10.2 Å². The van der Waals surface area contributed by atoms with Crippen LogP contribution in [0.25, 0.3) is 10.9 Å². The van der Waals surface area contributed by atoms with Crippen molar-refractivity contribution < 1.29 is 17.9 Å². The lowest BCUT2D eigenvalue weighted by Crippen LogP contribution is -2.40. The number of hydrogen-bond acceptors (Lipinski definition) is 6. The van der Waals surface area contributed by atoms with Crippen LogP contribution in [0.15, 0.2) is 47.4 Å². The number of amides is 1. The van der Waals surface area contributed by atoms with Crippen molar-refractivity contribution in [3.63, 3.8) is 0 Å². The molecule has 9 heteroatoms. The number of aromatic nitrogens is 1. The number of morpholine rings is 1. The number of aryl methyl sites for hydroxylation is 2. The number of nitrogens with one attached hydrogen (secondary N) is 1. The highest BCUT2D eigenvalue weighted by molar-refractivity contribution is 7.89. The SMILES string of the molecule is CCN(CC)c1ccc(S(=O)(=O)N2CCOCC2)cc1NC(=O)c1cc2cc(C)ccc2nc1C. The number of fused-ring (bicyclic) bond motifs is 1. The monoisotopic (exact) mass is 496 g/mol. The molecule has 0 radical (unpaired) electrons. The van der Waals surface area contributed by atoms with E-state index in [-0.39, 0.29) is 10.8 Å². The smallest absolute Gasteiger partial charge is 0.257 e. The van der Waals surface area contributed by atoms with E-state index in [1.807, 2.05) is 45.0 Å². The number of carbonyl (C=O) groups excluding carboxylic acids is 1. The van der Waals surface area contributed by atoms with Gasteiger partial charge in [0.15, 0.2) is 0 Å². The number of ether oxygens (including phenoxy) is 1. The molecule has 1 aliphatic rings. The molecular weight excluding hydrogens is 464 g/mol. The van der Waals surface area contributed by atoms with Gasteiger partial charge in [-0.15, -0.1) is 0 Å². The highest BCUT2D eigenvalue weighted by Gasteiger charge is 2.28. The van der Waals surface area contributed by atoms with E-state index in [1.54, 1.807) is 25.1 Å². The summed E-state index contributed by atoms with van der Waals surface area (Å²) in [4.78, 5) is 20.3. The molecule has 2 aromatic carbocycles. The largest absolute Gasteiger partial charge is 0.379 e. The molecule has 0 aliphatic carbocycles. The summed E-state index contributed by atoms with van der Waals surface area (Å²) in [5.41, 5.74) is 4.20. The van der Waals surface area contributed by atoms with Crippen LogP contribution in [0.4, 0.5) is 11.4 Å². The van der Waals surface area contributed by atoms with Crippen molar-refractivity contribution in [2.45, 2.75) is 32.6 Å². The fourth-order valence-corrected chi connectivity index (χ4v) is 5.80. The van der Waals surface area contributed by atoms with Crippen molar-refractivity contribution in [1.82, 2.24) is 9.29 Å². The Balaban J connectivity index is 1.74. The first-order valence-electron chi connectivity index (χ1n) is 11.9. The van der Waals surface area contributed by atoms with Gasteiger partial charge in [0.2, 0.25) is 10.0 Å². The number of benzene rings is 2. The summed E-state index contributed by atoms with van der Waals surface area (Å²) in [7, 11) is -3.71. The van der Waals surface area contributed by atoms with E-state index < -0.39 is 10.0 Å². The minimum absolute atomic E-state index is 0.148. The maximum Gasteiger partial charge on any atom is 0.257 e. The molecule has 0 spiro atoms. The lowest BCUT2D eigenvalue weighted by atomic mass is 10.1. The Morgan fingerprint density at radius 1 is 1.06 bits per heavy atom. The summed E-state index contributed by atoms with van der Waals surface area (Å²) in [5.74, 6) is -0.326. The molecule has 1 saturated heterocycles. The van der Waals surface area contributed by atoms with Crippen molar-refractivity contribution in [1.29, 1.82) is 0 Å². The van der Waals surface area contributed by atoms with Gasteiger partial charge in [0, 0.05) is 31.6 Å². The van der Waals surface area contributed by atoms with Crippen molar-refractivity contribution >= 4 is 38.2 Å². The minimum atomic E-state index is -3.71. The number of rotatable bonds is 7. The second-order valence-corrected chi connectivity index (χ2v) is 10.6. The van der Waals surface area contributed by atoms with Gasteiger partial charge in [0.05, 0.1) is 46.3 Å². The van der Waals surface area contributed by atoms with Gasteiger partial charge in [-0.05, 0) is 64.1 Å². The number of nitrogens with zero attached hydrogens (tertiary/aromatic N) is 3. The first-order chi connectivity index (χ1) is 16.7. The Bertz CT molecular complexity index is 1350. The lowest BCUT2D eigenvalue weighted by Gasteiger charge is -2.28. The van der Waals surface area contributed by atoms with Crippen LogP contribution in [0.5, 0.6) is 0 Å². The zero-order valence-corrected chi connectivity index (χ0v) is 21.5. The fraction of sp³-hybridized carbons (Fsp3) is 0.385. The molecule has 1 amide bonds. The Morgan fingerprint density at radius 2 is 1.77 bits per heavy atom. The van der Waals surface area contributed by atoms with E-state index in [0.717, 1.165) is 22.2 Å². The van der Waals surface area contributed by atoms with E-state index >= 15 is 0 Å². The summed E-state index contributed by atoms with van der Waals surface area (Å²) >= 11 is 0. The zero-order chi connectivity index (χ0) is 25.2. The van der Waals surface area contributed by atoms with Crippen LogP contribution >= 0.6 is 0 Å². The second kappa shape index (κ2) is 10.3. The molecule has 1 aromatic heterocycles. The Hall–Kier alpha value is -3.01. The molecule has 0 atom stereocenters. The molecular formula is C26H32N4O4S. The number of anilines is 2. The van der Waals surface area contributed by atoms with Gasteiger partial charge in [-0.1, -0.05) is 11.6 Å². The van der Waals surface area contributed by atoms with Crippen LogP contribution in [-0.2, 0) is 14.8 Å². The molecule has 1 N–H and O–H groups in total. The fourth-order valence-electron chi connectivity index (χ4n) is 4.36. The summed E-state index contributed by atoms with van der Waals surface area (Å²) in [5, 5.41) is 3.87. The average Bonchev–Trinajstić information content (AvgIpc) is 2.85. The van der Waals surface area contributed by atoms with E-state index in [0.29, 0.717) is 56.3 Å². The molecule has 35 heavy (non-hydrogen) atoms. The van der Waals surface area contributed by atoms with Gasteiger partial charge in [0.25, 0.3) is 5.91 Å². The highest BCUT2D eigenvalue weighted by atomic mass is 32.2. The van der Waals surface area contributed by atoms with Gasteiger partial charge in [-0.25, -0.2) is 8.42 Å². The van der Waals surface area contributed by atoms with Crippen LogP contribution in [0.2, 0.25) is 0 Å². The molecule has 186 valence electrons. The predicted octanol–water partition coefficient (Wildman–Crippen LogP) is 3.97. The van der Waals surface area contributed by atoms with Crippen molar-refractivity contribution in [3.05, 3.63) is 59.3 Å². The standard InChI is InChI=1S/C26H32N4O4S/c1-5-29(6-2)25-10-8-21(35(32,33)30-11-13-34-14-12-30)17-24(25)28-26(31)22-16-20-15-18(3)7-9-23(20)27-19(22)4/h7-10,15-17H,5-6,11-14H2,1-4H3,(H,28,31). The molecule has 1 fully saturated rings. The topological polar surface area (TPSA) is 91.8 Å². The van der Waals surface area contributed by atoms with Crippen molar-refractivity contribution in [2.75, 3.05) is 49.6 Å². The predicted molar refractivity (Wildman–Crippen MR) is 139 cm³/mol. The van der Waals surface area contributed by atoms with E-state index in [4.69, 9.17) is 4.74 Å². The first kappa shape index (κ1) is 25.1. The van der Waals surface area contributed by atoms with Crippen LogP contribution in [-0.4, -0.2) is 63.0 Å². The normalized spacial score (nSPS) is 14.7. The van der Waals surface area contributed by atoms with Crippen molar-refractivity contribution in [2.24, 2.45) is 0 Å². The Morgan fingerprint density at radius 3 is 2.46 bits per heavy atom. The molecule has 2 heterocycles. The summed E-state index contributed by atoms with van der Waals surface area (Å²) in [6.45, 7) is 10.6. The summed E-state index contributed by atoms with van der Waals surface area (Å²) in [6.07, 6.45) is 0. The molecule has 3 aromatic rings. The van der Waals surface area contributed by atoms with Gasteiger partial charge < -0.3 is 15.0 Å². The molecule has 0 unspecified atom stereocenters. The Kier molecular flexibility index (Phi) is 7.39. The van der Waals surface area contributed by atoms with Gasteiger partial charge in [-0.2, -0.15) is 4.31 Å². The molecule has 1 aliphatic heterocycles. The zero-order valence-electron chi connectivity index (χ0n) is 20.7. The minimum Gasteiger partial charge on any atom is -0.379 e. The van der Waals surface area contributed by atoms with E-state index in [1.165, 1.54) is 4.31 Å². The third-order valence-corrected chi connectivity index (χ3v) is 8.23. The van der Waals surface area contributed by atoms with Crippen LogP contribution in [0.1, 0.15) is 35.5 Å². The Labute approximate surface area is 207 Å². The lowest BCUT2D eigenvalue weighted by molar-refractivity contribution is 0.0730. The second-order valence-electron chi connectivity index (χ2n) is 8.64. The average molecular weight is 497 g/mol.